The van der Waals surface area contributed by atoms with E-state index < -0.39 is 24.3 Å². The molecule has 1 saturated heterocycles. The zero-order valence-electron chi connectivity index (χ0n) is 23.2. The third-order valence-electron chi connectivity index (χ3n) is 7.27. The van der Waals surface area contributed by atoms with Gasteiger partial charge < -0.3 is 14.6 Å². The van der Waals surface area contributed by atoms with Gasteiger partial charge in [-0.3, -0.25) is 4.90 Å². The van der Waals surface area contributed by atoms with E-state index in [2.05, 4.69) is 13.0 Å². The fourth-order valence-electron chi connectivity index (χ4n) is 4.94. The molecule has 0 bridgehead atoms. The number of allylic oxidation sites excluding steroid dienone is 1. The molecule has 5 nitrogen and oxygen atoms in total. The fourth-order valence-corrected chi connectivity index (χ4v) is 4.94. The Kier molecular flexibility index (Phi) is 14.0. The Hall–Kier alpha value is -2.63. The first-order chi connectivity index (χ1) is 18.7. The molecule has 0 aromatic heterocycles. The van der Waals surface area contributed by atoms with Crippen LogP contribution in [0, 0.1) is 0 Å². The summed E-state index contributed by atoms with van der Waals surface area (Å²) in [5, 5.41) is 11.4. The van der Waals surface area contributed by atoms with Crippen molar-refractivity contribution in [3.63, 3.8) is 0 Å². The summed E-state index contributed by atoms with van der Waals surface area (Å²) in [7, 11) is 0. The lowest BCUT2D eigenvalue weighted by Crippen LogP contribution is -2.47. The van der Waals surface area contributed by atoms with Gasteiger partial charge in [0.1, 0.15) is 18.8 Å². The normalized spacial score (nSPS) is 17.2. The predicted molar refractivity (Wildman–Crippen MR) is 154 cm³/mol. The third-order valence-corrected chi connectivity index (χ3v) is 7.27. The number of carbonyl (C=O) groups excluding carboxylic acids is 1. The highest BCUT2D eigenvalue weighted by Crippen LogP contribution is 2.23. The third kappa shape index (κ3) is 10.6. The molecule has 2 aromatic carbocycles. The number of benzene rings is 2. The van der Waals surface area contributed by atoms with Gasteiger partial charge in [0.2, 0.25) is 0 Å². The Morgan fingerprint density at radius 3 is 2.11 bits per heavy atom. The van der Waals surface area contributed by atoms with Crippen molar-refractivity contribution in [2.45, 2.75) is 109 Å². The van der Waals surface area contributed by atoms with Crippen LogP contribution in [-0.4, -0.2) is 41.0 Å². The molecule has 1 amide bonds. The molecule has 1 fully saturated rings. The minimum atomic E-state index is -0.891. The Labute approximate surface area is 229 Å². The summed E-state index contributed by atoms with van der Waals surface area (Å²) >= 11 is 0. The van der Waals surface area contributed by atoms with Crippen molar-refractivity contribution < 1.29 is 19.4 Å². The second-order valence-electron chi connectivity index (χ2n) is 10.4. The summed E-state index contributed by atoms with van der Waals surface area (Å²) in [4.78, 5) is 14.1. The summed E-state index contributed by atoms with van der Waals surface area (Å²) < 4.78 is 11.6. The van der Waals surface area contributed by atoms with E-state index in [1.807, 2.05) is 66.7 Å². The predicted octanol–water partition coefficient (Wildman–Crippen LogP) is 7.82. The number of hydrogen-bond donors (Lipinski definition) is 1. The molecule has 1 heterocycles. The molecule has 0 saturated carbocycles. The fraction of sp³-hybridized carbons (Fsp3) is 0.545. The maximum absolute atomic E-state index is 12.5. The first-order valence-electron chi connectivity index (χ1n) is 14.7. The number of cyclic esters (lactones) is 1. The number of ether oxygens (including phenoxy) is 2. The lowest BCUT2D eigenvalue weighted by molar-refractivity contribution is -0.0475. The molecule has 1 aliphatic heterocycles. The summed E-state index contributed by atoms with van der Waals surface area (Å²) in [5.41, 5.74) is 2.05. The molecule has 3 rings (SSSR count). The minimum Gasteiger partial charge on any atom is -0.447 e. The molecule has 5 heteroatoms. The second kappa shape index (κ2) is 17.8. The van der Waals surface area contributed by atoms with Gasteiger partial charge in [0.05, 0.1) is 12.6 Å². The van der Waals surface area contributed by atoms with Gasteiger partial charge in [0, 0.05) is 6.54 Å². The average molecular weight is 522 g/mol. The first-order valence-corrected chi connectivity index (χ1v) is 14.7. The largest absolute Gasteiger partial charge is 0.447 e. The molecule has 2 aromatic rings. The van der Waals surface area contributed by atoms with Crippen LogP contribution in [0.15, 0.2) is 72.8 Å². The number of carbonyl (C=O) groups is 1. The van der Waals surface area contributed by atoms with E-state index in [-0.39, 0.29) is 6.61 Å². The van der Waals surface area contributed by atoms with Gasteiger partial charge in [-0.25, -0.2) is 4.79 Å². The van der Waals surface area contributed by atoms with Crippen molar-refractivity contribution >= 4 is 6.09 Å². The molecule has 208 valence electrons. The van der Waals surface area contributed by atoms with Gasteiger partial charge in [-0.05, 0) is 24.0 Å². The van der Waals surface area contributed by atoms with Gasteiger partial charge in [-0.15, -0.1) is 0 Å². The number of hydrogen-bond acceptors (Lipinski definition) is 4. The van der Waals surface area contributed by atoms with Crippen molar-refractivity contribution in [3.05, 3.63) is 83.9 Å². The van der Waals surface area contributed by atoms with Gasteiger partial charge >= 0.3 is 6.09 Å². The number of nitrogens with zero attached hydrogens (tertiary/aromatic N) is 1. The zero-order chi connectivity index (χ0) is 26.8. The van der Waals surface area contributed by atoms with Crippen LogP contribution in [0.5, 0.6) is 0 Å². The van der Waals surface area contributed by atoms with Crippen LogP contribution < -0.4 is 0 Å². The van der Waals surface area contributed by atoms with Gasteiger partial charge in [-0.2, -0.15) is 0 Å². The Morgan fingerprint density at radius 2 is 1.47 bits per heavy atom. The molecule has 1 aliphatic rings. The maximum Gasteiger partial charge on any atom is 0.410 e. The number of amides is 1. The van der Waals surface area contributed by atoms with Crippen LogP contribution in [0.4, 0.5) is 4.79 Å². The van der Waals surface area contributed by atoms with Crippen LogP contribution >= 0.6 is 0 Å². The van der Waals surface area contributed by atoms with E-state index in [4.69, 9.17) is 9.47 Å². The summed E-state index contributed by atoms with van der Waals surface area (Å²) in [6.45, 7) is 3.21. The van der Waals surface area contributed by atoms with Gasteiger partial charge in [0.25, 0.3) is 0 Å². The van der Waals surface area contributed by atoms with E-state index in [1.54, 1.807) is 4.90 Å². The van der Waals surface area contributed by atoms with Gasteiger partial charge in [0.15, 0.2) is 0 Å². The topological polar surface area (TPSA) is 59.0 Å². The highest BCUT2D eigenvalue weighted by molar-refractivity contribution is 5.70. The lowest BCUT2D eigenvalue weighted by Gasteiger charge is -2.30. The van der Waals surface area contributed by atoms with Crippen LogP contribution in [0.1, 0.15) is 88.7 Å². The standard InChI is InChI=1S/C33H47NO4/c1-2-3-4-5-6-7-8-9-10-11-12-19-24-31(37-26-29-22-17-14-18-23-29)32(35)30-27-38-33(36)34(30)25-28-20-15-13-16-21-28/h13-24,30-32,35H,2-12,25-27H2,1H3/b24-19-/t30-,31-,32-/m1/s1. The average Bonchev–Trinajstić information content (AvgIpc) is 3.31. The number of aliphatic hydroxyl groups excluding tert-OH is 1. The minimum absolute atomic E-state index is 0.157. The van der Waals surface area contributed by atoms with Crippen molar-refractivity contribution in [1.29, 1.82) is 0 Å². The number of aliphatic hydroxyl groups is 1. The first kappa shape index (κ1) is 29.9. The monoisotopic (exact) mass is 521 g/mol. The summed E-state index contributed by atoms with van der Waals surface area (Å²) in [5.74, 6) is 0. The van der Waals surface area contributed by atoms with Crippen LogP contribution in [0.3, 0.4) is 0 Å². The molecule has 3 atom stereocenters. The number of unbranched alkanes of at least 4 members (excludes halogenated alkanes) is 10. The molecule has 1 N–H and O–H groups in total. The maximum atomic E-state index is 12.5. The molecule has 0 radical (unpaired) electrons. The quantitative estimate of drug-likeness (QED) is 0.151. The molecule has 0 spiro atoms. The molecular weight excluding hydrogens is 474 g/mol. The van der Waals surface area contributed by atoms with E-state index >= 15 is 0 Å². The van der Waals surface area contributed by atoms with E-state index in [0.29, 0.717) is 13.2 Å². The van der Waals surface area contributed by atoms with E-state index in [9.17, 15) is 9.90 Å². The van der Waals surface area contributed by atoms with Crippen molar-refractivity contribution in [1.82, 2.24) is 4.90 Å². The van der Waals surface area contributed by atoms with E-state index in [0.717, 1.165) is 24.0 Å². The number of rotatable bonds is 19. The molecule has 0 unspecified atom stereocenters. The molecule has 0 aliphatic carbocycles. The van der Waals surface area contributed by atoms with E-state index in [1.165, 1.54) is 57.8 Å². The Balaban J connectivity index is 1.50. The Morgan fingerprint density at radius 1 is 0.895 bits per heavy atom. The van der Waals surface area contributed by atoms with Crippen molar-refractivity contribution in [2.24, 2.45) is 0 Å². The molecular formula is C33H47NO4. The SMILES string of the molecule is CCCCCCCCCCCC/C=C\[C@@H](OCc1ccccc1)[C@H](O)[C@H]1COC(=O)N1Cc1ccccc1. The Bertz CT molecular complexity index is 917. The second-order valence-corrected chi connectivity index (χ2v) is 10.4. The van der Waals surface area contributed by atoms with Gasteiger partial charge in [-0.1, -0.05) is 138 Å². The molecule has 38 heavy (non-hydrogen) atoms. The van der Waals surface area contributed by atoms with Crippen molar-refractivity contribution in [2.75, 3.05) is 6.61 Å². The van der Waals surface area contributed by atoms with Crippen molar-refractivity contribution in [3.8, 4) is 0 Å². The highest BCUT2D eigenvalue weighted by atomic mass is 16.6. The summed E-state index contributed by atoms with van der Waals surface area (Å²) in [6.07, 6.45) is 16.4. The highest BCUT2D eigenvalue weighted by Gasteiger charge is 2.40. The van der Waals surface area contributed by atoms with Crippen LogP contribution in [-0.2, 0) is 22.6 Å². The van der Waals surface area contributed by atoms with Crippen LogP contribution in [0.2, 0.25) is 0 Å². The van der Waals surface area contributed by atoms with Crippen LogP contribution in [0.25, 0.3) is 0 Å². The lowest BCUT2D eigenvalue weighted by atomic mass is 10.0. The summed E-state index contributed by atoms with van der Waals surface area (Å²) in [6, 6.07) is 19.3. The smallest absolute Gasteiger partial charge is 0.410 e. The zero-order valence-corrected chi connectivity index (χ0v) is 23.2.